The fraction of sp³-hybridized carbons (Fsp3) is 0.625. The maximum absolute atomic E-state index is 3.44. The molecular weight excluding hydrogens is 220 g/mol. The highest BCUT2D eigenvalue weighted by Gasteiger charge is 2.22. The van der Waals surface area contributed by atoms with E-state index >= 15 is 0 Å². The Morgan fingerprint density at radius 1 is 1.22 bits per heavy atom. The van der Waals surface area contributed by atoms with Gasteiger partial charge < -0.3 is 10.2 Å². The number of hydrogen-bond donors (Lipinski definition) is 1. The number of nitrogens with one attached hydrogen (secondary N) is 1. The molecule has 0 aromatic heterocycles. The lowest BCUT2D eigenvalue weighted by molar-refractivity contribution is 0.270. The molecule has 1 aromatic rings. The van der Waals surface area contributed by atoms with Crippen molar-refractivity contribution in [2.24, 2.45) is 5.41 Å². The van der Waals surface area contributed by atoms with Gasteiger partial charge in [0.25, 0.3) is 0 Å². The Hall–Kier alpha value is -1.02. The molecule has 1 atom stereocenters. The molecule has 0 heterocycles. The fourth-order valence-electron chi connectivity index (χ4n) is 2.45. The maximum atomic E-state index is 3.44. The Morgan fingerprint density at radius 3 is 2.33 bits per heavy atom. The van der Waals surface area contributed by atoms with E-state index in [1.165, 1.54) is 11.3 Å². The van der Waals surface area contributed by atoms with Crippen LogP contribution in [0.1, 0.15) is 32.8 Å². The second-order valence-corrected chi connectivity index (χ2v) is 6.20. The first-order valence-corrected chi connectivity index (χ1v) is 6.80. The van der Waals surface area contributed by atoms with Gasteiger partial charge in [0.05, 0.1) is 0 Å². The molecule has 0 fully saturated rings. The van der Waals surface area contributed by atoms with E-state index in [0.29, 0.717) is 11.5 Å². The summed E-state index contributed by atoms with van der Waals surface area (Å²) in [7, 11) is 4.24. The number of aryl methyl sites for hydroxylation is 1. The van der Waals surface area contributed by atoms with Crippen LogP contribution in [0.4, 0.5) is 5.69 Å². The number of hydrogen-bond acceptors (Lipinski definition) is 2. The normalized spacial score (nSPS) is 13.4. The van der Waals surface area contributed by atoms with Crippen molar-refractivity contribution >= 4 is 5.69 Å². The van der Waals surface area contributed by atoms with Crippen LogP contribution in [0.15, 0.2) is 24.3 Å². The lowest BCUT2D eigenvalue weighted by Crippen LogP contribution is -2.40. The van der Waals surface area contributed by atoms with Gasteiger partial charge in [0.15, 0.2) is 0 Å². The average Bonchev–Trinajstić information content (AvgIpc) is 2.28. The van der Waals surface area contributed by atoms with Crippen molar-refractivity contribution in [3.8, 4) is 0 Å². The van der Waals surface area contributed by atoms with Crippen molar-refractivity contribution < 1.29 is 0 Å². The molecular formula is C16H28N2. The molecule has 1 rings (SSSR count). The molecule has 0 radical (unpaired) electrons. The highest BCUT2D eigenvalue weighted by molar-refractivity contribution is 5.52. The van der Waals surface area contributed by atoms with Crippen molar-refractivity contribution in [3.63, 3.8) is 0 Å². The first-order valence-electron chi connectivity index (χ1n) is 6.80. The predicted molar refractivity (Wildman–Crippen MR) is 81.4 cm³/mol. The van der Waals surface area contributed by atoms with Crippen LogP contribution in [-0.4, -0.2) is 26.7 Å². The Kier molecular flexibility index (Phi) is 5.21. The minimum atomic E-state index is 0.307. The molecule has 0 amide bonds. The van der Waals surface area contributed by atoms with Crippen LogP contribution < -0.4 is 10.2 Å². The molecule has 0 aliphatic heterocycles. The SMILES string of the molecule is CNC(CCN(C)c1ccccc1C)C(C)(C)C. The van der Waals surface area contributed by atoms with Crippen LogP contribution in [0.3, 0.4) is 0 Å². The van der Waals surface area contributed by atoms with Gasteiger partial charge in [0, 0.05) is 25.3 Å². The largest absolute Gasteiger partial charge is 0.374 e. The molecule has 0 bridgehead atoms. The van der Waals surface area contributed by atoms with E-state index in [1.54, 1.807) is 0 Å². The van der Waals surface area contributed by atoms with E-state index in [2.05, 4.69) is 76.3 Å². The number of rotatable bonds is 5. The van der Waals surface area contributed by atoms with Crippen LogP contribution >= 0.6 is 0 Å². The molecule has 1 aromatic carbocycles. The summed E-state index contributed by atoms with van der Waals surface area (Å²) in [5, 5.41) is 3.44. The molecule has 0 aliphatic carbocycles. The zero-order valence-electron chi connectivity index (χ0n) is 12.7. The van der Waals surface area contributed by atoms with E-state index in [-0.39, 0.29) is 0 Å². The minimum Gasteiger partial charge on any atom is -0.374 e. The lowest BCUT2D eigenvalue weighted by Gasteiger charge is -2.32. The highest BCUT2D eigenvalue weighted by Crippen LogP contribution is 2.23. The maximum Gasteiger partial charge on any atom is 0.0393 e. The monoisotopic (exact) mass is 248 g/mol. The molecule has 18 heavy (non-hydrogen) atoms. The van der Waals surface area contributed by atoms with Crippen molar-refractivity contribution in [3.05, 3.63) is 29.8 Å². The van der Waals surface area contributed by atoms with Crippen LogP contribution in [-0.2, 0) is 0 Å². The predicted octanol–water partition coefficient (Wildman–Crippen LogP) is 3.46. The van der Waals surface area contributed by atoms with E-state index in [0.717, 1.165) is 13.0 Å². The number of para-hydroxylation sites is 1. The summed E-state index contributed by atoms with van der Waals surface area (Å²) in [5.41, 5.74) is 2.99. The molecule has 0 saturated heterocycles. The molecule has 2 heteroatoms. The summed E-state index contributed by atoms with van der Waals surface area (Å²) < 4.78 is 0. The first-order chi connectivity index (χ1) is 8.36. The quantitative estimate of drug-likeness (QED) is 0.858. The van der Waals surface area contributed by atoms with Crippen LogP contribution in [0, 0.1) is 12.3 Å². The summed E-state index contributed by atoms with van der Waals surface area (Å²) >= 11 is 0. The number of anilines is 1. The molecule has 0 aliphatic rings. The fourth-order valence-corrected chi connectivity index (χ4v) is 2.45. The van der Waals surface area contributed by atoms with Crippen molar-refractivity contribution in [1.82, 2.24) is 5.32 Å². The van der Waals surface area contributed by atoms with Gasteiger partial charge in [-0.2, -0.15) is 0 Å². The average molecular weight is 248 g/mol. The van der Waals surface area contributed by atoms with Gasteiger partial charge in [0.2, 0.25) is 0 Å². The van der Waals surface area contributed by atoms with Gasteiger partial charge in [-0.3, -0.25) is 0 Å². The van der Waals surface area contributed by atoms with Gasteiger partial charge in [-0.05, 0) is 37.4 Å². The molecule has 0 saturated carbocycles. The molecule has 2 nitrogen and oxygen atoms in total. The van der Waals surface area contributed by atoms with E-state index in [1.807, 2.05) is 0 Å². The van der Waals surface area contributed by atoms with E-state index < -0.39 is 0 Å². The molecule has 102 valence electrons. The third kappa shape index (κ3) is 4.02. The third-order valence-corrected chi connectivity index (χ3v) is 3.67. The number of benzene rings is 1. The summed E-state index contributed by atoms with van der Waals surface area (Å²) in [4.78, 5) is 2.35. The van der Waals surface area contributed by atoms with Gasteiger partial charge in [-0.1, -0.05) is 39.0 Å². The van der Waals surface area contributed by atoms with Crippen LogP contribution in [0.5, 0.6) is 0 Å². The van der Waals surface area contributed by atoms with Crippen molar-refractivity contribution in [2.75, 3.05) is 25.5 Å². The van der Waals surface area contributed by atoms with Gasteiger partial charge >= 0.3 is 0 Å². The molecule has 1 unspecified atom stereocenters. The van der Waals surface area contributed by atoms with Crippen LogP contribution in [0.2, 0.25) is 0 Å². The van der Waals surface area contributed by atoms with E-state index in [9.17, 15) is 0 Å². The molecule has 0 spiro atoms. The Labute approximate surface area is 112 Å². The summed E-state index contributed by atoms with van der Waals surface area (Å²) in [5.74, 6) is 0. The lowest BCUT2D eigenvalue weighted by atomic mass is 9.85. The van der Waals surface area contributed by atoms with Crippen molar-refractivity contribution in [1.29, 1.82) is 0 Å². The summed E-state index contributed by atoms with van der Waals surface area (Å²) in [6.07, 6.45) is 1.16. The standard InChI is InChI=1S/C16H28N2/c1-13-9-7-8-10-14(13)18(6)12-11-15(17-5)16(2,3)4/h7-10,15,17H,11-12H2,1-6H3. The van der Waals surface area contributed by atoms with E-state index in [4.69, 9.17) is 0 Å². The van der Waals surface area contributed by atoms with Gasteiger partial charge in [-0.25, -0.2) is 0 Å². The Balaban J connectivity index is 2.61. The molecule has 1 N–H and O–H groups in total. The second kappa shape index (κ2) is 6.24. The topological polar surface area (TPSA) is 15.3 Å². The van der Waals surface area contributed by atoms with Gasteiger partial charge in [0.1, 0.15) is 0 Å². The first kappa shape index (κ1) is 15.0. The highest BCUT2D eigenvalue weighted by atomic mass is 15.1. The second-order valence-electron chi connectivity index (χ2n) is 6.20. The number of nitrogens with zero attached hydrogens (tertiary/aromatic N) is 1. The third-order valence-electron chi connectivity index (χ3n) is 3.67. The van der Waals surface area contributed by atoms with Gasteiger partial charge in [-0.15, -0.1) is 0 Å². The Bertz CT molecular complexity index is 366. The smallest absolute Gasteiger partial charge is 0.0393 e. The zero-order valence-corrected chi connectivity index (χ0v) is 12.7. The summed E-state index contributed by atoms with van der Waals surface area (Å²) in [6, 6.07) is 9.12. The van der Waals surface area contributed by atoms with Crippen molar-refractivity contribution in [2.45, 2.75) is 40.2 Å². The Morgan fingerprint density at radius 2 is 1.83 bits per heavy atom. The van der Waals surface area contributed by atoms with Crippen LogP contribution in [0.25, 0.3) is 0 Å². The summed E-state index contributed by atoms with van der Waals surface area (Å²) in [6.45, 7) is 10.1. The zero-order chi connectivity index (χ0) is 13.8. The minimum absolute atomic E-state index is 0.307.